The summed E-state index contributed by atoms with van der Waals surface area (Å²) in [5.41, 5.74) is 0.649. The molecule has 5 nitrogen and oxygen atoms in total. The first kappa shape index (κ1) is 14.5. The van der Waals surface area contributed by atoms with Crippen molar-refractivity contribution >= 4 is 11.6 Å². The molecule has 0 bridgehead atoms. The van der Waals surface area contributed by atoms with E-state index in [2.05, 4.69) is 5.32 Å². The second kappa shape index (κ2) is 6.98. The van der Waals surface area contributed by atoms with E-state index in [0.717, 1.165) is 0 Å². The Bertz CT molecular complexity index is 394. The van der Waals surface area contributed by atoms with E-state index in [1.165, 1.54) is 0 Å². The van der Waals surface area contributed by atoms with Gasteiger partial charge in [0.2, 0.25) is 5.91 Å². The maximum absolute atomic E-state index is 11.8. The highest BCUT2D eigenvalue weighted by molar-refractivity contribution is 5.93. The van der Waals surface area contributed by atoms with Crippen LogP contribution in [0.4, 0.5) is 5.69 Å². The molecule has 1 aromatic carbocycles. The number of methoxy groups -OCH3 is 1. The molecule has 5 heteroatoms. The number of nitrogens with zero attached hydrogens (tertiary/aromatic N) is 1. The van der Waals surface area contributed by atoms with Crippen LogP contribution in [0.1, 0.15) is 6.92 Å². The summed E-state index contributed by atoms with van der Waals surface area (Å²) in [7, 11) is 3.35. The van der Waals surface area contributed by atoms with Crippen molar-refractivity contribution in [1.29, 1.82) is 0 Å². The average Bonchev–Trinajstić information content (AvgIpc) is 2.28. The molecule has 0 aliphatic rings. The van der Waals surface area contributed by atoms with Crippen LogP contribution >= 0.6 is 0 Å². The molecule has 1 unspecified atom stereocenters. The first-order chi connectivity index (χ1) is 8.52. The Morgan fingerprint density at radius 1 is 1.50 bits per heavy atom. The van der Waals surface area contributed by atoms with Crippen LogP contribution in [-0.2, 0) is 4.79 Å². The minimum absolute atomic E-state index is 0.136. The van der Waals surface area contributed by atoms with E-state index in [1.54, 1.807) is 38.1 Å². The molecule has 0 radical (unpaired) electrons. The molecule has 0 heterocycles. The molecule has 100 valence electrons. The van der Waals surface area contributed by atoms with Gasteiger partial charge in [-0.25, -0.2) is 0 Å². The van der Waals surface area contributed by atoms with Crippen molar-refractivity contribution in [1.82, 2.24) is 4.90 Å². The SMILES string of the molecule is COc1ccccc1NC(=O)CN(C)CC(C)O. The number of carbonyl (C=O) groups excluding carboxylic acids is 1. The largest absolute Gasteiger partial charge is 0.495 e. The first-order valence-corrected chi connectivity index (χ1v) is 5.82. The Morgan fingerprint density at radius 2 is 2.17 bits per heavy atom. The minimum atomic E-state index is -0.450. The zero-order valence-electron chi connectivity index (χ0n) is 11.0. The number of rotatable bonds is 6. The van der Waals surface area contributed by atoms with Crippen molar-refractivity contribution < 1.29 is 14.6 Å². The van der Waals surface area contributed by atoms with Gasteiger partial charge in [0.1, 0.15) is 5.75 Å². The zero-order valence-corrected chi connectivity index (χ0v) is 11.0. The molecular formula is C13H20N2O3. The molecule has 0 aliphatic heterocycles. The van der Waals surface area contributed by atoms with Gasteiger partial charge in [0.15, 0.2) is 0 Å². The van der Waals surface area contributed by atoms with Crippen LogP contribution in [0.3, 0.4) is 0 Å². The van der Waals surface area contributed by atoms with Crippen molar-refractivity contribution in [2.75, 3.05) is 32.6 Å². The quantitative estimate of drug-likeness (QED) is 0.791. The summed E-state index contributed by atoms with van der Waals surface area (Å²) in [6, 6.07) is 7.24. The predicted molar refractivity (Wildman–Crippen MR) is 70.8 cm³/mol. The number of para-hydroxylation sites is 2. The average molecular weight is 252 g/mol. The third-order valence-electron chi connectivity index (χ3n) is 2.37. The second-order valence-electron chi connectivity index (χ2n) is 4.29. The third-order valence-corrected chi connectivity index (χ3v) is 2.37. The maximum atomic E-state index is 11.8. The van der Waals surface area contributed by atoms with E-state index >= 15 is 0 Å². The lowest BCUT2D eigenvalue weighted by Gasteiger charge is -2.18. The number of hydrogen-bond donors (Lipinski definition) is 2. The van der Waals surface area contributed by atoms with Crippen molar-refractivity contribution in [3.63, 3.8) is 0 Å². The molecule has 0 aromatic heterocycles. The summed E-state index contributed by atoms with van der Waals surface area (Å²) in [5.74, 6) is 0.492. The Labute approximate surface area is 107 Å². The number of aliphatic hydroxyl groups is 1. The Hall–Kier alpha value is -1.59. The summed E-state index contributed by atoms with van der Waals surface area (Å²) < 4.78 is 5.15. The number of amides is 1. The summed E-state index contributed by atoms with van der Waals surface area (Å²) in [5, 5.41) is 12.0. The van der Waals surface area contributed by atoms with E-state index in [0.29, 0.717) is 18.0 Å². The van der Waals surface area contributed by atoms with E-state index in [-0.39, 0.29) is 12.5 Å². The monoisotopic (exact) mass is 252 g/mol. The number of carbonyl (C=O) groups is 1. The van der Waals surface area contributed by atoms with Crippen LogP contribution < -0.4 is 10.1 Å². The van der Waals surface area contributed by atoms with E-state index in [4.69, 9.17) is 4.74 Å². The van der Waals surface area contributed by atoms with E-state index in [9.17, 15) is 9.90 Å². The normalized spacial score (nSPS) is 12.3. The molecule has 0 spiro atoms. The van der Waals surface area contributed by atoms with Crippen LogP contribution in [0.25, 0.3) is 0 Å². The number of benzene rings is 1. The number of likely N-dealkylation sites (N-methyl/N-ethyl adjacent to an activating group) is 1. The molecule has 0 saturated carbocycles. The van der Waals surface area contributed by atoms with Crippen LogP contribution in [0.5, 0.6) is 5.75 Å². The lowest BCUT2D eigenvalue weighted by atomic mass is 10.3. The van der Waals surface area contributed by atoms with Gasteiger partial charge in [-0.1, -0.05) is 12.1 Å². The lowest BCUT2D eigenvalue weighted by Crippen LogP contribution is -2.34. The number of anilines is 1. The summed E-state index contributed by atoms with van der Waals surface area (Å²) >= 11 is 0. The molecule has 1 amide bonds. The highest BCUT2D eigenvalue weighted by Crippen LogP contribution is 2.22. The molecule has 0 saturated heterocycles. The van der Waals surface area contributed by atoms with Crippen LogP contribution in [0.2, 0.25) is 0 Å². The van der Waals surface area contributed by atoms with Gasteiger partial charge in [-0.15, -0.1) is 0 Å². The lowest BCUT2D eigenvalue weighted by molar-refractivity contribution is -0.117. The molecule has 0 fully saturated rings. The molecule has 1 atom stereocenters. The van der Waals surface area contributed by atoms with Gasteiger partial charge in [-0.3, -0.25) is 9.69 Å². The maximum Gasteiger partial charge on any atom is 0.238 e. The zero-order chi connectivity index (χ0) is 13.5. The Balaban J connectivity index is 2.54. The topological polar surface area (TPSA) is 61.8 Å². The third kappa shape index (κ3) is 4.73. The van der Waals surface area contributed by atoms with Gasteiger partial charge in [-0.2, -0.15) is 0 Å². The van der Waals surface area contributed by atoms with Gasteiger partial charge in [0.25, 0.3) is 0 Å². The summed E-state index contributed by atoms with van der Waals surface area (Å²) in [6.07, 6.45) is -0.450. The fourth-order valence-electron chi connectivity index (χ4n) is 1.70. The molecule has 18 heavy (non-hydrogen) atoms. The van der Waals surface area contributed by atoms with Gasteiger partial charge >= 0.3 is 0 Å². The summed E-state index contributed by atoms with van der Waals surface area (Å²) in [4.78, 5) is 13.5. The van der Waals surface area contributed by atoms with E-state index in [1.807, 2.05) is 12.1 Å². The van der Waals surface area contributed by atoms with Gasteiger partial charge in [-0.05, 0) is 26.1 Å². The van der Waals surface area contributed by atoms with Crippen molar-refractivity contribution in [2.24, 2.45) is 0 Å². The van der Waals surface area contributed by atoms with Gasteiger partial charge in [0.05, 0.1) is 25.4 Å². The number of ether oxygens (including phenoxy) is 1. The van der Waals surface area contributed by atoms with Crippen molar-refractivity contribution in [3.8, 4) is 5.75 Å². The summed E-state index contributed by atoms with van der Waals surface area (Å²) in [6.45, 7) is 2.37. The number of hydrogen-bond acceptors (Lipinski definition) is 4. The van der Waals surface area contributed by atoms with Crippen LogP contribution in [0, 0.1) is 0 Å². The molecule has 2 N–H and O–H groups in total. The fourth-order valence-corrected chi connectivity index (χ4v) is 1.70. The van der Waals surface area contributed by atoms with E-state index < -0.39 is 6.10 Å². The standard InChI is InChI=1S/C13H20N2O3/c1-10(16)8-15(2)9-13(17)14-11-6-4-5-7-12(11)18-3/h4-7,10,16H,8-9H2,1-3H3,(H,14,17). The molecule has 1 aromatic rings. The smallest absolute Gasteiger partial charge is 0.238 e. The Kier molecular flexibility index (Phi) is 5.61. The minimum Gasteiger partial charge on any atom is -0.495 e. The first-order valence-electron chi connectivity index (χ1n) is 5.82. The molecule has 0 aliphatic carbocycles. The number of nitrogens with one attached hydrogen (secondary N) is 1. The van der Waals surface area contributed by atoms with Gasteiger partial charge < -0.3 is 15.2 Å². The van der Waals surface area contributed by atoms with Crippen LogP contribution in [0.15, 0.2) is 24.3 Å². The predicted octanol–water partition coefficient (Wildman–Crippen LogP) is 0.946. The highest BCUT2D eigenvalue weighted by Gasteiger charge is 2.10. The highest BCUT2D eigenvalue weighted by atomic mass is 16.5. The van der Waals surface area contributed by atoms with Crippen molar-refractivity contribution in [2.45, 2.75) is 13.0 Å². The van der Waals surface area contributed by atoms with Gasteiger partial charge in [0, 0.05) is 6.54 Å². The van der Waals surface area contributed by atoms with Crippen molar-refractivity contribution in [3.05, 3.63) is 24.3 Å². The van der Waals surface area contributed by atoms with Crippen LogP contribution in [-0.4, -0.2) is 49.3 Å². The second-order valence-corrected chi connectivity index (χ2v) is 4.29. The molecular weight excluding hydrogens is 232 g/mol. The fraction of sp³-hybridized carbons (Fsp3) is 0.462. The Morgan fingerprint density at radius 3 is 2.78 bits per heavy atom. The number of aliphatic hydroxyl groups excluding tert-OH is 1. The molecule has 1 rings (SSSR count).